The van der Waals surface area contributed by atoms with Gasteiger partial charge in [-0.05, 0) is 47.0 Å². The van der Waals surface area contributed by atoms with Crippen LogP contribution in [0.25, 0.3) is 0 Å². The Hall–Kier alpha value is -0.610. The van der Waals surface area contributed by atoms with E-state index in [1.165, 1.54) is 0 Å². The summed E-state index contributed by atoms with van der Waals surface area (Å²) >= 11 is 0. The molecule has 0 saturated carbocycles. The number of nitrogens with zero attached hydrogens (tertiary/aromatic N) is 1. The molecule has 1 aliphatic heterocycles. The summed E-state index contributed by atoms with van der Waals surface area (Å²) in [5, 5.41) is 0. The SMILES string of the molecule is CC(N)CC1CCCN1C(=O)COC(C)(C)C. The number of carbonyl (C=O) groups excluding carboxylic acids is 1. The van der Waals surface area contributed by atoms with Gasteiger partial charge in [-0.3, -0.25) is 4.79 Å². The van der Waals surface area contributed by atoms with Gasteiger partial charge < -0.3 is 15.4 Å². The van der Waals surface area contributed by atoms with Crippen LogP contribution in [0.5, 0.6) is 0 Å². The number of nitrogens with two attached hydrogens (primary N) is 1. The average Bonchev–Trinajstić information content (AvgIpc) is 2.60. The van der Waals surface area contributed by atoms with Gasteiger partial charge in [-0.1, -0.05) is 0 Å². The second-order valence-corrected chi connectivity index (χ2v) is 6.00. The number of carbonyl (C=O) groups is 1. The molecule has 100 valence electrons. The van der Waals surface area contributed by atoms with Crippen LogP contribution in [0.3, 0.4) is 0 Å². The molecular weight excluding hydrogens is 216 g/mol. The fourth-order valence-electron chi connectivity index (χ4n) is 2.20. The molecule has 1 heterocycles. The molecule has 1 aliphatic rings. The van der Waals surface area contributed by atoms with Gasteiger partial charge in [0, 0.05) is 18.6 Å². The van der Waals surface area contributed by atoms with E-state index < -0.39 is 0 Å². The molecule has 0 aromatic heterocycles. The third-order valence-corrected chi connectivity index (χ3v) is 2.97. The van der Waals surface area contributed by atoms with Crippen molar-refractivity contribution in [2.45, 2.75) is 64.6 Å². The molecule has 1 saturated heterocycles. The lowest BCUT2D eigenvalue weighted by Crippen LogP contribution is -2.41. The van der Waals surface area contributed by atoms with Crippen LogP contribution in [0.4, 0.5) is 0 Å². The Morgan fingerprint density at radius 3 is 2.71 bits per heavy atom. The summed E-state index contributed by atoms with van der Waals surface area (Å²) in [6.07, 6.45) is 3.04. The first-order valence-corrected chi connectivity index (χ1v) is 6.48. The van der Waals surface area contributed by atoms with Crippen molar-refractivity contribution < 1.29 is 9.53 Å². The number of likely N-dealkylation sites (tertiary alicyclic amines) is 1. The first-order valence-electron chi connectivity index (χ1n) is 6.48. The van der Waals surface area contributed by atoms with Crippen molar-refractivity contribution in [3.8, 4) is 0 Å². The lowest BCUT2D eigenvalue weighted by atomic mass is 10.1. The molecule has 4 nitrogen and oxygen atoms in total. The van der Waals surface area contributed by atoms with Crippen LogP contribution in [0.15, 0.2) is 0 Å². The fourth-order valence-corrected chi connectivity index (χ4v) is 2.20. The zero-order chi connectivity index (χ0) is 13.1. The quantitative estimate of drug-likeness (QED) is 0.813. The topological polar surface area (TPSA) is 55.6 Å². The van der Waals surface area contributed by atoms with E-state index >= 15 is 0 Å². The van der Waals surface area contributed by atoms with E-state index in [1.54, 1.807) is 0 Å². The summed E-state index contributed by atoms with van der Waals surface area (Å²) in [4.78, 5) is 14.0. The molecule has 0 radical (unpaired) electrons. The summed E-state index contributed by atoms with van der Waals surface area (Å²) in [6, 6.07) is 0.461. The molecule has 1 fully saturated rings. The van der Waals surface area contributed by atoms with E-state index in [0.29, 0.717) is 6.04 Å². The maximum atomic E-state index is 12.0. The second kappa shape index (κ2) is 5.83. The van der Waals surface area contributed by atoms with Crippen LogP contribution in [0, 0.1) is 0 Å². The minimum absolute atomic E-state index is 0.100. The summed E-state index contributed by atoms with van der Waals surface area (Å²) in [6.45, 7) is 8.91. The number of ether oxygens (including phenoxy) is 1. The van der Waals surface area contributed by atoms with E-state index in [-0.39, 0.29) is 24.2 Å². The Morgan fingerprint density at radius 1 is 1.53 bits per heavy atom. The zero-order valence-corrected chi connectivity index (χ0v) is 11.5. The van der Waals surface area contributed by atoms with Crippen molar-refractivity contribution in [3.63, 3.8) is 0 Å². The lowest BCUT2D eigenvalue weighted by molar-refractivity contribution is -0.142. The Labute approximate surface area is 104 Å². The molecule has 2 N–H and O–H groups in total. The third kappa shape index (κ3) is 5.04. The summed E-state index contributed by atoms with van der Waals surface area (Å²) in [5.41, 5.74) is 5.55. The number of rotatable bonds is 4. The molecule has 0 spiro atoms. The molecular formula is C13H26N2O2. The Balaban J connectivity index is 2.44. The highest BCUT2D eigenvalue weighted by Gasteiger charge is 2.29. The summed E-state index contributed by atoms with van der Waals surface area (Å²) in [5.74, 6) is 0.100. The van der Waals surface area contributed by atoms with Gasteiger partial charge in [0.25, 0.3) is 0 Å². The summed E-state index contributed by atoms with van der Waals surface area (Å²) < 4.78 is 5.53. The van der Waals surface area contributed by atoms with Crippen molar-refractivity contribution in [1.29, 1.82) is 0 Å². The Bertz CT molecular complexity index is 259. The van der Waals surface area contributed by atoms with E-state index in [9.17, 15) is 4.79 Å². The molecule has 0 aliphatic carbocycles. The van der Waals surface area contributed by atoms with Gasteiger partial charge in [0.1, 0.15) is 6.61 Å². The van der Waals surface area contributed by atoms with Gasteiger partial charge in [0.15, 0.2) is 0 Å². The Kier molecular flexibility index (Phi) is 4.95. The zero-order valence-electron chi connectivity index (χ0n) is 11.5. The van der Waals surface area contributed by atoms with Crippen LogP contribution < -0.4 is 5.73 Å². The maximum absolute atomic E-state index is 12.0. The summed E-state index contributed by atoms with van der Waals surface area (Å²) in [7, 11) is 0. The largest absolute Gasteiger partial charge is 0.366 e. The van der Waals surface area contributed by atoms with E-state index in [2.05, 4.69) is 0 Å². The van der Waals surface area contributed by atoms with Crippen LogP contribution in [0.1, 0.15) is 47.0 Å². The molecule has 2 atom stereocenters. The molecule has 1 rings (SSSR count). The predicted octanol–water partition coefficient (Wildman–Crippen LogP) is 1.53. The van der Waals surface area contributed by atoms with Crippen LogP contribution in [-0.4, -0.2) is 41.6 Å². The first kappa shape index (κ1) is 14.5. The molecule has 2 unspecified atom stereocenters. The number of hydrogen-bond donors (Lipinski definition) is 1. The molecule has 1 amide bonds. The fraction of sp³-hybridized carbons (Fsp3) is 0.923. The monoisotopic (exact) mass is 242 g/mol. The third-order valence-electron chi connectivity index (χ3n) is 2.97. The van der Waals surface area contributed by atoms with Gasteiger partial charge in [-0.25, -0.2) is 0 Å². The second-order valence-electron chi connectivity index (χ2n) is 6.00. The predicted molar refractivity (Wildman–Crippen MR) is 68.7 cm³/mol. The lowest BCUT2D eigenvalue weighted by Gasteiger charge is -2.27. The average molecular weight is 242 g/mol. The first-order chi connectivity index (χ1) is 7.79. The van der Waals surface area contributed by atoms with Gasteiger partial charge >= 0.3 is 0 Å². The van der Waals surface area contributed by atoms with E-state index in [4.69, 9.17) is 10.5 Å². The number of amides is 1. The smallest absolute Gasteiger partial charge is 0.248 e. The standard InChI is InChI=1S/C13H26N2O2/c1-10(14)8-11-6-5-7-15(11)12(16)9-17-13(2,3)4/h10-11H,5-9,14H2,1-4H3. The highest BCUT2D eigenvalue weighted by atomic mass is 16.5. The highest BCUT2D eigenvalue weighted by molar-refractivity contribution is 5.78. The van der Waals surface area contributed by atoms with E-state index in [1.807, 2.05) is 32.6 Å². The molecule has 4 heteroatoms. The highest BCUT2D eigenvalue weighted by Crippen LogP contribution is 2.21. The van der Waals surface area contributed by atoms with Gasteiger partial charge in [-0.15, -0.1) is 0 Å². The van der Waals surface area contributed by atoms with Crippen LogP contribution >= 0.6 is 0 Å². The van der Waals surface area contributed by atoms with Crippen molar-refractivity contribution in [1.82, 2.24) is 4.90 Å². The van der Waals surface area contributed by atoms with Gasteiger partial charge in [0.05, 0.1) is 5.60 Å². The van der Waals surface area contributed by atoms with Crippen molar-refractivity contribution >= 4 is 5.91 Å². The maximum Gasteiger partial charge on any atom is 0.248 e. The minimum Gasteiger partial charge on any atom is -0.366 e. The normalized spacial score (nSPS) is 22.9. The Morgan fingerprint density at radius 2 is 2.18 bits per heavy atom. The van der Waals surface area contributed by atoms with Gasteiger partial charge in [0.2, 0.25) is 5.91 Å². The van der Waals surface area contributed by atoms with Crippen molar-refractivity contribution in [2.75, 3.05) is 13.2 Å². The van der Waals surface area contributed by atoms with Gasteiger partial charge in [-0.2, -0.15) is 0 Å². The number of hydrogen-bond acceptors (Lipinski definition) is 3. The van der Waals surface area contributed by atoms with Crippen LogP contribution in [-0.2, 0) is 9.53 Å². The van der Waals surface area contributed by atoms with Crippen LogP contribution in [0.2, 0.25) is 0 Å². The molecule has 0 aromatic rings. The van der Waals surface area contributed by atoms with E-state index in [0.717, 1.165) is 25.8 Å². The molecule has 17 heavy (non-hydrogen) atoms. The van der Waals surface area contributed by atoms with Crippen molar-refractivity contribution in [2.24, 2.45) is 5.73 Å². The minimum atomic E-state index is -0.258. The molecule has 0 aromatic carbocycles. The molecule has 0 bridgehead atoms. The van der Waals surface area contributed by atoms with Crippen molar-refractivity contribution in [3.05, 3.63) is 0 Å².